The van der Waals surface area contributed by atoms with E-state index in [1.54, 1.807) is 31.4 Å². The van der Waals surface area contributed by atoms with Gasteiger partial charge in [0.25, 0.3) is 5.91 Å². The normalized spacial score (nSPS) is 11.6. The molecule has 1 unspecified atom stereocenters. The Labute approximate surface area is 144 Å². The fourth-order valence-electron chi connectivity index (χ4n) is 2.19. The molecule has 0 bridgehead atoms. The number of hydrogen-bond donors (Lipinski definition) is 3. The van der Waals surface area contributed by atoms with Crippen LogP contribution in [-0.2, 0) is 11.3 Å². The third-order valence-electron chi connectivity index (χ3n) is 3.26. The molecular formula is C16H19ClN3O4+. The number of amides is 2. The lowest BCUT2D eigenvalue weighted by molar-refractivity contribution is -0.885. The van der Waals surface area contributed by atoms with Gasteiger partial charge in [0, 0.05) is 10.6 Å². The van der Waals surface area contributed by atoms with Crippen molar-refractivity contribution in [3.8, 4) is 5.75 Å². The Bertz CT molecular complexity index is 703. The number of ether oxygens (including phenoxy) is 1. The number of likely N-dealkylation sites (N-methyl/N-ethyl adjacent to an activating group) is 1. The summed E-state index contributed by atoms with van der Waals surface area (Å²) in [6, 6.07) is 8.43. The second-order valence-corrected chi connectivity index (χ2v) is 5.68. The lowest BCUT2D eigenvalue weighted by atomic mass is 10.2. The largest absolute Gasteiger partial charge is 0.496 e. The number of carbonyl (C=O) groups is 2. The maximum atomic E-state index is 11.9. The lowest BCUT2D eigenvalue weighted by Crippen LogP contribution is -3.09. The van der Waals surface area contributed by atoms with Gasteiger partial charge in [-0.1, -0.05) is 11.6 Å². The van der Waals surface area contributed by atoms with Gasteiger partial charge in [-0.3, -0.25) is 20.4 Å². The molecule has 2 rings (SSSR count). The zero-order chi connectivity index (χ0) is 17.5. The third-order valence-corrected chi connectivity index (χ3v) is 3.49. The molecule has 1 heterocycles. The second kappa shape index (κ2) is 8.37. The molecular weight excluding hydrogens is 334 g/mol. The van der Waals surface area contributed by atoms with Crippen LogP contribution in [0.15, 0.2) is 41.0 Å². The standard InChI is InChI=1S/C16H18ClN3O4/c1-20(9-11-8-12(17)5-6-13(11)23-2)10-15(21)18-19-16(22)14-4-3-7-24-14/h3-8H,9-10H2,1-2H3,(H,18,21)(H,19,22)/p+1. The molecule has 128 valence electrons. The number of furan rings is 1. The first-order valence-corrected chi connectivity index (χ1v) is 7.63. The molecule has 3 N–H and O–H groups in total. The first kappa shape index (κ1) is 17.8. The quantitative estimate of drug-likeness (QED) is 0.658. The van der Waals surface area contributed by atoms with Crippen molar-refractivity contribution in [3.63, 3.8) is 0 Å². The van der Waals surface area contributed by atoms with Crippen molar-refractivity contribution in [1.82, 2.24) is 10.9 Å². The van der Waals surface area contributed by atoms with Crippen LogP contribution in [0.25, 0.3) is 0 Å². The molecule has 2 amide bonds. The summed E-state index contributed by atoms with van der Waals surface area (Å²) in [5.74, 6) is 0.000796. The van der Waals surface area contributed by atoms with E-state index >= 15 is 0 Å². The SMILES string of the molecule is COc1ccc(Cl)cc1C[NH+](C)CC(=O)NNC(=O)c1ccco1. The highest BCUT2D eigenvalue weighted by Crippen LogP contribution is 2.21. The van der Waals surface area contributed by atoms with Crippen LogP contribution < -0.4 is 20.5 Å². The van der Waals surface area contributed by atoms with E-state index in [9.17, 15) is 9.59 Å². The van der Waals surface area contributed by atoms with Gasteiger partial charge in [-0.15, -0.1) is 0 Å². The van der Waals surface area contributed by atoms with Gasteiger partial charge in [0.1, 0.15) is 12.3 Å². The van der Waals surface area contributed by atoms with Crippen molar-refractivity contribution in [2.75, 3.05) is 20.7 Å². The average molecular weight is 353 g/mol. The number of hydrogen-bond acceptors (Lipinski definition) is 4. The Hall–Kier alpha value is -2.51. The van der Waals surface area contributed by atoms with E-state index in [1.807, 2.05) is 7.05 Å². The van der Waals surface area contributed by atoms with Crippen LogP contribution in [0.1, 0.15) is 16.1 Å². The topological polar surface area (TPSA) is 85.0 Å². The van der Waals surface area contributed by atoms with Gasteiger partial charge in [0.2, 0.25) is 0 Å². The molecule has 0 spiro atoms. The van der Waals surface area contributed by atoms with Crippen molar-refractivity contribution in [2.45, 2.75) is 6.54 Å². The highest BCUT2D eigenvalue weighted by atomic mass is 35.5. The molecule has 1 aromatic carbocycles. The van der Waals surface area contributed by atoms with Crippen LogP contribution in [0.4, 0.5) is 0 Å². The molecule has 2 aromatic rings. The molecule has 0 saturated carbocycles. The molecule has 0 aliphatic heterocycles. The van der Waals surface area contributed by atoms with Gasteiger partial charge in [0.05, 0.1) is 20.4 Å². The van der Waals surface area contributed by atoms with Crippen LogP contribution in [0, 0.1) is 0 Å². The molecule has 0 fully saturated rings. The first-order valence-electron chi connectivity index (χ1n) is 7.26. The molecule has 1 aromatic heterocycles. The van der Waals surface area contributed by atoms with E-state index in [4.69, 9.17) is 20.8 Å². The summed E-state index contributed by atoms with van der Waals surface area (Å²) in [7, 11) is 3.44. The number of nitrogens with one attached hydrogen (secondary N) is 3. The summed E-state index contributed by atoms with van der Waals surface area (Å²) < 4.78 is 10.2. The lowest BCUT2D eigenvalue weighted by Gasteiger charge is -2.16. The van der Waals surface area contributed by atoms with Gasteiger partial charge in [-0.2, -0.15) is 0 Å². The van der Waals surface area contributed by atoms with Gasteiger partial charge >= 0.3 is 5.91 Å². The van der Waals surface area contributed by atoms with Crippen LogP contribution in [-0.4, -0.2) is 32.5 Å². The summed E-state index contributed by atoms with van der Waals surface area (Å²) in [5, 5.41) is 0.605. The van der Waals surface area contributed by atoms with Gasteiger partial charge in [0.15, 0.2) is 12.3 Å². The molecule has 24 heavy (non-hydrogen) atoms. The fourth-order valence-corrected chi connectivity index (χ4v) is 2.38. The average Bonchev–Trinajstić information content (AvgIpc) is 3.07. The number of halogens is 1. The molecule has 8 heteroatoms. The number of methoxy groups -OCH3 is 1. The first-order chi connectivity index (χ1) is 11.5. The molecule has 0 radical (unpaired) electrons. The number of quaternary nitrogens is 1. The zero-order valence-electron chi connectivity index (χ0n) is 13.4. The minimum absolute atomic E-state index is 0.125. The fraction of sp³-hybridized carbons (Fsp3) is 0.250. The minimum atomic E-state index is -0.512. The van der Waals surface area contributed by atoms with Gasteiger partial charge in [-0.05, 0) is 30.3 Å². The molecule has 0 aliphatic carbocycles. The second-order valence-electron chi connectivity index (χ2n) is 5.25. The van der Waals surface area contributed by atoms with E-state index in [0.717, 1.165) is 10.5 Å². The van der Waals surface area contributed by atoms with Crippen LogP contribution in [0.5, 0.6) is 5.75 Å². The van der Waals surface area contributed by atoms with E-state index in [0.29, 0.717) is 17.3 Å². The zero-order valence-corrected chi connectivity index (χ0v) is 14.1. The van der Waals surface area contributed by atoms with E-state index in [1.165, 1.54) is 12.3 Å². The highest BCUT2D eigenvalue weighted by Gasteiger charge is 2.15. The van der Waals surface area contributed by atoms with Crippen molar-refractivity contribution < 1.29 is 23.6 Å². The molecule has 7 nitrogen and oxygen atoms in total. The monoisotopic (exact) mass is 352 g/mol. The molecule has 0 aliphatic rings. The summed E-state index contributed by atoms with van der Waals surface area (Å²) >= 11 is 6.00. The Balaban J connectivity index is 1.83. The summed E-state index contributed by atoms with van der Waals surface area (Å²) in [6.45, 7) is 0.706. The smallest absolute Gasteiger partial charge is 0.305 e. The summed E-state index contributed by atoms with van der Waals surface area (Å²) in [5.41, 5.74) is 5.54. The van der Waals surface area contributed by atoms with Crippen molar-refractivity contribution >= 4 is 23.4 Å². The summed E-state index contributed by atoms with van der Waals surface area (Å²) in [6.07, 6.45) is 1.38. The Morgan fingerprint density at radius 1 is 1.29 bits per heavy atom. The van der Waals surface area contributed by atoms with Gasteiger partial charge < -0.3 is 14.1 Å². The predicted molar refractivity (Wildman–Crippen MR) is 87.8 cm³/mol. The van der Waals surface area contributed by atoms with E-state index in [2.05, 4.69) is 10.9 Å². The highest BCUT2D eigenvalue weighted by molar-refractivity contribution is 6.30. The number of benzene rings is 1. The van der Waals surface area contributed by atoms with E-state index < -0.39 is 5.91 Å². The van der Waals surface area contributed by atoms with Crippen LogP contribution in [0.3, 0.4) is 0 Å². The van der Waals surface area contributed by atoms with Crippen LogP contribution in [0.2, 0.25) is 5.02 Å². The van der Waals surface area contributed by atoms with Crippen molar-refractivity contribution in [2.24, 2.45) is 0 Å². The van der Waals surface area contributed by atoms with Crippen LogP contribution >= 0.6 is 11.6 Å². The number of carbonyl (C=O) groups excluding carboxylic acids is 2. The number of rotatable bonds is 6. The van der Waals surface area contributed by atoms with E-state index in [-0.39, 0.29) is 18.2 Å². The Morgan fingerprint density at radius 3 is 2.75 bits per heavy atom. The van der Waals surface area contributed by atoms with Gasteiger partial charge in [-0.25, -0.2) is 0 Å². The Morgan fingerprint density at radius 2 is 2.08 bits per heavy atom. The maximum absolute atomic E-state index is 11.9. The Kier molecular flexibility index (Phi) is 6.22. The third kappa shape index (κ3) is 5.00. The number of hydrazine groups is 1. The summed E-state index contributed by atoms with van der Waals surface area (Å²) in [4.78, 5) is 24.5. The molecule has 0 saturated heterocycles. The van der Waals surface area contributed by atoms with Crippen molar-refractivity contribution in [1.29, 1.82) is 0 Å². The maximum Gasteiger partial charge on any atom is 0.305 e. The van der Waals surface area contributed by atoms with Crippen molar-refractivity contribution in [3.05, 3.63) is 52.9 Å². The minimum Gasteiger partial charge on any atom is -0.496 e. The predicted octanol–water partition coefficient (Wildman–Crippen LogP) is 0.417. The molecule has 1 atom stereocenters.